The maximum atomic E-state index is 12.0. The molecule has 1 N–H and O–H groups in total. The first kappa shape index (κ1) is 19.3. The molecule has 26 heavy (non-hydrogen) atoms. The van der Waals surface area contributed by atoms with Crippen LogP contribution in [0.1, 0.15) is 30.1 Å². The minimum Gasteiger partial charge on any atom is -0.493 e. The lowest BCUT2D eigenvalue weighted by Gasteiger charge is -2.10. The van der Waals surface area contributed by atoms with Gasteiger partial charge in [0.05, 0.1) is 25.9 Å². The van der Waals surface area contributed by atoms with Crippen LogP contribution in [0.2, 0.25) is 0 Å². The number of amides is 1. The molecule has 0 aromatic heterocycles. The first-order chi connectivity index (χ1) is 12.6. The Labute approximate surface area is 153 Å². The Morgan fingerprint density at radius 3 is 2.35 bits per heavy atom. The fraction of sp³-hybridized carbons (Fsp3) is 0.300. The minimum absolute atomic E-state index is 0.113. The Morgan fingerprint density at radius 1 is 1.00 bits per heavy atom. The summed E-state index contributed by atoms with van der Waals surface area (Å²) in [6.07, 6.45) is 0.902. The lowest BCUT2D eigenvalue weighted by molar-refractivity contribution is -0.116. The van der Waals surface area contributed by atoms with Gasteiger partial charge >= 0.3 is 5.97 Å². The van der Waals surface area contributed by atoms with Crippen molar-refractivity contribution in [1.82, 2.24) is 0 Å². The van der Waals surface area contributed by atoms with Gasteiger partial charge in [-0.15, -0.1) is 0 Å². The average molecular weight is 357 g/mol. The Hall–Kier alpha value is -3.02. The molecule has 2 aromatic rings. The van der Waals surface area contributed by atoms with Crippen molar-refractivity contribution in [3.63, 3.8) is 0 Å². The summed E-state index contributed by atoms with van der Waals surface area (Å²) in [7, 11) is 1.59. The van der Waals surface area contributed by atoms with Crippen LogP contribution in [-0.2, 0) is 9.53 Å². The second kappa shape index (κ2) is 10.1. The average Bonchev–Trinajstić information content (AvgIpc) is 2.66. The Bertz CT molecular complexity index is 727. The second-order valence-corrected chi connectivity index (χ2v) is 5.45. The number of para-hydroxylation sites is 2. The lowest BCUT2D eigenvalue weighted by atomic mass is 10.2. The lowest BCUT2D eigenvalue weighted by Crippen LogP contribution is -2.13. The third-order valence-corrected chi connectivity index (χ3v) is 3.55. The molecule has 0 aliphatic carbocycles. The molecule has 0 atom stereocenters. The molecule has 6 heteroatoms. The van der Waals surface area contributed by atoms with Gasteiger partial charge in [0, 0.05) is 12.1 Å². The van der Waals surface area contributed by atoms with E-state index < -0.39 is 0 Å². The molecule has 138 valence electrons. The number of hydrogen-bond acceptors (Lipinski definition) is 5. The summed E-state index contributed by atoms with van der Waals surface area (Å²) < 4.78 is 15.8. The molecule has 0 saturated heterocycles. The van der Waals surface area contributed by atoms with Gasteiger partial charge in [-0.1, -0.05) is 12.1 Å². The minimum atomic E-state index is -0.376. The number of methoxy groups -OCH3 is 1. The molecule has 0 aliphatic rings. The Morgan fingerprint density at radius 2 is 1.69 bits per heavy atom. The van der Waals surface area contributed by atoms with Gasteiger partial charge in [0.25, 0.3) is 0 Å². The number of benzene rings is 2. The van der Waals surface area contributed by atoms with Gasteiger partial charge in [-0.05, 0) is 49.7 Å². The number of carbonyl (C=O) groups is 2. The number of anilines is 1. The molecule has 0 spiro atoms. The van der Waals surface area contributed by atoms with E-state index in [1.165, 1.54) is 0 Å². The number of carbonyl (C=O) groups excluding carboxylic acids is 2. The largest absolute Gasteiger partial charge is 0.493 e. The van der Waals surface area contributed by atoms with Crippen molar-refractivity contribution < 1.29 is 23.8 Å². The summed E-state index contributed by atoms with van der Waals surface area (Å²) in [6.45, 7) is 2.49. The predicted octanol–water partition coefficient (Wildman–Crippen LogP) is 3.67. The van der Waals surface area contributed by atoms with Crippen molar-refractivity contribution in [2.75, 3.05) is 25.6 Å². The summed E-state index contributed by atoms with van der Waals surface area (Å²) in [5.74, 6) is 0.833. The highest BCUT2D eigenvalue weighted by molar-refractivity contribution is 5.93. The van der Waals surface area contributed by atoms with Crippen molar-refractivity contribution in [2.45, 2.75) is 19.8 Å². The van der Waals surface area contributed by atoms with E-state index in [0.717, 1.165) is 0 Å². The Balaban J connectivity index is 1.74. The van der Waals surface area contributed by atoms with Gasteiger partial charge in [0.2, 0.25) is 5.91 Å². The normalized spacial score (nSPS) is 10.1. The molecule has 0 heterocycles. The molecule has 0 bridgehead atoms. The number of ether oxygens (including phenoxy) is 3. The Kier molecular flexibility index (Phi) is 7.49. The van der Waals surface area contributed by atoms with E-state index in [-0.39, 0.29) is 11.9 Å². The van der Waals surface area contributed by atoms with E-state index in [4.69, 9.17) is 14.2 Å². The molecule has 0 radical (unpaired) electrons. The molecule has 0 aliphatic heterocycles. The fourth-order valence-electron chi connectivity index (χ4n) is 2.28. The van der Waals surface area contributed by atoms with Gasteiger partial charge in [-0.2, -0.15) is 0 Å². The molecule has 0 fully saturated rings. The first-order valence-corrected chi connectivity index (χ1v) is 8.47. The summed E-state index contributed by atoms with van der Waals surface area (Å²) in [6, 6.07) is 14.0. The van der Waals surface area contributed by atoms with Crippen LogP contribution in [0.4, 0.5) is 5.69 Å². The maximum Gasteiger partial charge on any atom is 0.338 e. The van der Waals surface area contributed by atoms with Crippen molar-refractivity contribution in [1.29, 1.82) is 0 Å². The standard InChI is InChI=1S/C20H23NO5/c1-3-25-20(23)15-10-12-16(13-11-15)21-19(22)9-6-14-26-18-8-5-4-7-17(18)24-2/h4-5,7-8,10-13H,3,6,9,14H2,1-2H3,(H,21,22). The monoisotopic (exact) mass is 357 g/mol. The summed E-state index contributed by atoms with van der Waals surface area (Å²) >= 11 is 0. The van der Waals surface area contributed by atoms with Crippen LogP contribution >= 0.6 is 0 Å². The van der Waals surface area contributed by atoms with Crippen LogP contribution in [0.3, 0.4) is 0 Å². The van der Waals surface area contributed by atoms with Crippen LogP contribution in [0, 0.1) is 0 Å². The SMILES string of the molecule is CCOC(=O)c1ccc(NC(=O)CCCOc2ccccc2OC)cc1. The highest BCUT2D eigenvalue weighted by Crippen LogP contribution is 2.25. The second-order valence-electron chi connectivity index (χ2n) is 5.45. The molecule has 6 nitrogen and oxygen atoms in total. The van der Waals surface area contributed by atoms with Crippen LogP contribution < -0.4 is 14.8 Å². The smallest absolute Gasteiger partial charge is 0.338 e. The van der Waals surface area contributed by atoms with E-state index in [0.29, 0.717) is 48.8 Å². The third kappa shape index (κ3) is 5.81. The zero-order valence-corrected chi connectivity index (χ0v) is 15.0. The van der Waals surface area contributed by atoms with Crippen molar-refractivity contribution in [2.24, 2.45) is 0 Å². The van der Waals surface area contributed by atoms with Gasteiger partial charge in [0.1, 0.15) is 0 Å². The summed E-state index contributed by atoms with van der Waals surface area (Å²) in [5, 5.41) is 2.79. The van der Waals surface area contributed by atoms with E-state index in [9.17, 15) is 9.59 Å². The fourth-order valence-corrected chi connectivity index (χ4v) is 2.28. The molecule has 1 amide bonds. The van der Waals surface area contributed by atoms with Gasteiger partial charge in [-0.3, -0.25) is 4.79 Å². The summed E-state index contributed by atoms with van der Waals surface area (Å²) in [4.78, 5) is 23.6. The molecule has 0 unspecified atom stereocenters. The number of nitrogens with one attached hydrogen (secondary N) is 1. The molecule has 0 saturated carbocycles. The first-order valence-electron chi connectivity index (χ1n) is 8.47. The third-order valence-electron chi connectivity index (χ3n) is 3.55. The van der Waals surface area contributed by atoms with Crippen LogP contribution in [0.25, 0.3) is 0 Å². The van der Waals surface area contributed by atoms with E-state index in [1.54, 1.807) is 38.3 Å². The molecular formula is C20H23NO5. The highest BCUT2D eigenvalue weighted by Gasteiger charge is 2.08. The zero-order valence-electron chi connectivity index (χ0n) is 15.0. The van der Waals surface area contributed by atoms with E-state index in [1.807, 2.05) is 24.3 Å². The van der Waals surface area contributed by atoms with Crippen molar-refractivity contribution in [3.05, 3.63) is 54.1 Å². The van der Waals surface area contributed by atoms with Crippen LogP contribution in [-0.4, -0.2) is 32.2 Å². The number of rotatable bonds is 9. The van der Waals surface area contributed by atoms with Gasteiger partial charge in [-0.25, -0.2) is 4.79 Å². The van der Waals surface area contributed by atoms with Gasteiger partial charge < -0.3 is 19.5 Å². The highest BCUT2D eigenvalue weighted by atomic mass is 16.5. The predicted molar refractivity (Wildman–Crippen MR) is 98.8 cm³/mol. The molecular weight excluding hydrogens is 334 g/mol. The summed E-state index contributed by atoms with van der Waals surface area (Å²) in [5.41, 5.74) is 1.09. The van der Waals surface area contributed by atoms with Crippen molar-refractivity contribution >= 4 is 17.6 Å². The van der Waals surface area contributed by atoms with Crippen LogP contribution in [0.5, 0.6) is 11.5 Å². The quantitative estimate of drug-likeness (QED) is 0.547. The van der Waals surface area contributed by atoms with Gasteiger partial charge in [0.15, 0.2) is 11.5 Å². The van der Waals surface area contributed by atoms with Crippen LogP contribution in [0.15, 0.2) is 48.5 Å². The molecule has 2 aromatic carbocycles. The number of hydrogen-bond donors (Lipinski definition) is 1. The van der Waals surface area contributed by atoms with E-state index in [2.05, 4.69) is 5.32 Å². The zero-order chi connectivity index (χ0) is 18.8. The maximum absolute atomic E-state index is 12.0. The van der Waals surface area contributed by atoms with E-state index >= 15 is 0 Å². The number of esters is 1. The molecule has 2 rings (SSSR count). The van der Waals surface area contributed by atoms with Crippen molar-refractivity contribution in [3.8, 4) is 11.5 Å². The topological polar surface area (TPSA) is 73.9 Å².